The first-order valence-corrected chi connectivity index (χ1v) is 8.41. The summed E-state index contributed by atoms with van der Waals surface area (Å²) in [4.78, 5) is 23.0. The highest BCUT2D eigenvalue weighted by atomic mass is 19.4. The number of halogens is 3. The third-order valence-corrected chi connectivity index (χ3v) is 4.59. The number of aryl methyl sites for hydroxylation is 2. The van der Waals surface area contributed by atoms with Crippen LogP contribution in [0.2, 0.25) is 0 Å². The molecule has 0 saturated heterocycles. The van der Waals surface area contributed by atoms with Gasteiger partial charge in [0.2, 0.25) is 0 Å². The van der Waals surface area contributed by atoms with Crippen LogP contribution in [0.1, 0.15) is 47.2 Å². The second-order valence-electron chi connectivity index (χ2n) is 6.69. The van der Waals surface area contributed by atoms with Crippen LogP contribution < -0.4 is 10.1 Å². The summed E-state index contributed by atoms with van der Waals surface area (Å²) in [7, 11) is 0. The Morgan fingerprint density at radius 1 is 1.15 bits per heavy atom. The Bertz CT molecular complexity index is 656. The smallest absolute Gasteiger partial charge is 0.391 e. The normalized spacial score (nSPS) is 20.5. The van der Waals surface area contributed by atoms with Crippen LogP contribution in [0.4, 0.5) is 13.2 Å². The highest BCUT2D eigenvalue weighted by Crippen LogP contribution is 2.37. The van der Waals surface area contributed by atoms with E-state index in [2.05, 4.69) is 5.32 Å². The minimum atomic E-state index is -4.17. The number of carboxylic acid groups (broad SMARTS) is 1. The number of benzene rings is 1. The highest BCUT2D eigenvalue weighted by Gasteiger charge is 2.41. The molecular weight excluding hydrogens is 351 g/mol. The van der Waals surface area contributed by atoms with Crippen molar-refractivity contribution >= 4 is 11.9 Å². The number of carbonyl (C=O) groups is 2. The van der Waals surface area contributed by atoms with Crippen molar-refractivity contribution in [2.75, 3.05) is 6.61 Å². The monoisotopic (exact) mass is 373 g/mol. The van der Waals surface area contributed by atoms with Gasteiger partial charge in [-0.1, -0.05) is 0 Å². The van der Waals surface area contributed by atoms with Crippen LogP contribution in [0.3, 0.4) is 0 Å². The van der Waals surface area contributed by atoms with Crippen molar-refractivity contribution in [2.24, 2.45) is 5.92 Å². The van der Waals surface area contributed by atoms with E-state index in [1.165, 1.54) is 0 Å². The zero-order chi connectivity index (χ0) is 19.5. The van der Waals surface area contributed by atoms with Crippen LogP contribution >= 0.6 is 0 Å². The Kier molecular flexibility index (Phi) is 6.15. The molecule has 0 spiro atoms. The minimum absolute atomic E-state index is 0.0223. The van der Waals surface area contributed by atoms with Crippen LogP contribution in [-0.4, -0.2) is 35.8 Å². The average molecular weight is 373 g/mol. The predicted molar refractivity (Wildman–Crippen MR) is 88.3 cm³/mol. The second-order valence-corrected chi connectivity index (χ2v) is 6.69. The highest BCUT2D eigenvalue weighted by molar-refractivity contribution is 5.95. The summed E-state index contributed by atoms with van der Waals surface area (Å²) in [6.45, 7) is 2.93. The lowest BCUT2D eigenvalue weighted by Crippen LogP contribution is -2.40. The van der Waals surface area contributed by atoms with E-state index in [9.17, 15) is 22.8 Å². The maximum Gasteiger partial charge on any atom is 0.391 e. The molecule has 5 nitrogen and oxygen atoms in total. The van der Waals surface area contributed by atoms with Crippen molar-refractivity contribution in [3.8, 4) is 5.75 Å². The van der Waals surface area contributed by atoms with Crippen LogP contribution in [-0.2, 0) is 4.79 Å². The Hall–Kier alpha value is -2.25. The summed E-state index contributed by atoms with van der Waals surface area (Å²) >= 11 is 0. The molecule has 0 aromatic heterocycles. The number of hydrogen-bond donors (Lipinski definition) is 2. The van der Waals surface area contributed by atoms with Crippen LogP contribution in [0.5, 0.6) is 5.75 Å². The van der Waals surface area contributed by atoms with Crippen LogP contribution in [0.25, 0.3) is 0 Å². The summed E-state index contributed by atoms with van der Waals surface area (Å²) in [5.41, 5.74) is 1.62. The van der Waals surface area contributed by atoms with Gasteiger partial charge in [-0.05, 0) is 62.8 Å². The molecule has 1 amide bonds. The molecule has 0 unspecified atom stereocenters. The Balaban J connectivity index is 1.99. The third-order valence-electron chi connectivity index (χ3n) is 4.59. The summed E-state index contributed by atoms with van der Waals surface area (Å²) in [6.07, 6.45) is -3.53. The molecule has 144 valence electrons. The van der Waals surface area contributed by atoms with E-state index >= 15 is 0 Å². The Labute approximate surface area is 149 Å². The van der Waals surface area contributed by atoms with Gasteiger partial charge in [-0.25, -0.2) is 4.79 Å². The average Bonchev–Trinajstić information content (AvgIpc) is 2.53. The van der Waals surface area contributed by atoms with Crippen molar-refractivity contribution in [1.29, 1.82) is 0 Å². The van der Waals surface area contributed by atoms with Crippen molar-refractivity contribution in [2.45, 2.75) is 51.7 Å². The lowest BCUT2D eigenvalue weighted by atomic mass is 9.85. The predicted octanol–water partition coefficient (Wildman–Crippen LogP) is 3.62. The van der Waals surface area contributed by atoms with Gasteiger partial charge < -0.3 is 15.2 Å². The molecule has 1 saturated carbocycles. The van der Waals surface area contributed by atoms with Crippen molar-refractivity contribution < 1.29 is 32.6 Å². The van der Waals surface area contributed by atoms with Gasteiger partial charge in [-0.2, -0.15) is 13.2 Å². The number of hydrogen-bond acceptors (Lipinski definition) is 3. The summed E-state index contributed by atoms with van der Waals surface area (Å²) < 4.78 is 43.3. The fourth-order valence-electron chi connectivity index (χ4n) is 3.28. The topological polar surface area (TPSA) is 75.6 Å². The minimum Gasteiger partial charge on any atom is -0.481 e. The van der Waals surface area contributed by atoms with Crippen LogP contribution in [0, 0.1) is 19.8 Å². The third kappa shape index (κ3) is 5.12. The van der Waals surface area contributed by atoms with Gasteiger partial charge >= 0.3 is 12.1 Å². The van der Waals surface area contributed by atoms with Gasteiger partial charge in [-0.15, -0.1) is 0 Å². The molecule has 1 aliphatic rings. The zero-order valence-corrected chi connectivity index (χ0v) is 14.7. The number of alkyl halides is 3. The summed E-state index contributed by atoms with van der Waals surface area (Å²) in [5, 5.41) is 11.5. The lowest BCUT2D eigenvalue weighted by molar-refractivity contribution is -0.182. The van der Waals surface area contributed by atoms with Crippen molar-refractivity contribution in [1.82, 2.24) is 5.32 Å². The number of carbonyl (C=O) groups excluding carboxylic acids is 1. The molecule has 2 N–H and O–H groups in total. The van der Waals surface area contributed by atoms with Crippen molar-refractivity contribution in [3.63, 3.8) is 0 Å². The van der Waals surface area contributed by atoms with E-state index < -0.39 is 24.7 Å². The fourth-order valence-corrected chi connectivity index (χ4v) is 3.28. The maximum absolute atomic E-state index is 12.7. The zero-order valence-electron chi connectivity index (χ0n) is 14.7. The standard InChI is InChI=1S/C18H22F3NO4/c1-10-7-12(8-11(2)16(10)26-9-15(23)24)17(25)22-14-5-3-13(4-6-14)18(19,20)21/h7-8,13-14H,3-6,9H2,1-2H3,(H,22,25)(H,23,24). The van der Waals surface area contributed by atoms with E-state index in [0.717, 1.165) is 0 Å². The molecule has 1 fully saturated rings. The Morgan fingerprint density at radius 2 is 1.69 bits per heavy atom. The molecule has 1 aromatic carbocycles. The summed E-state index contributed by atoms with van der Waals surface area (Å²) in [5.74, 6) is -2.32. The van der Waals surface area contributed by atoms with E-state index in [0.29, 0.717) is 35.3 Å². The molecule has 26 heavy (non-hydrogen) atoms. The number of carboxylic acids is 1. The number of amides is 1. The quantitative estimate of drug-likeness (QED) is 0.827. The molecule has 1 aromatic rings. The molecule has 2 rings (SSSR count). The van der Waals surface area contributed by atoms with Gasteiger partial charge in [0.05, 0.1) is 5.92 Å². The van der Waals surface area contributed by atoms with E-state index in [4.69, 9.17) is 9.84 Å². The van der Waals surface area contributed by atoms with Crippen molar-refractivity contribution in [3.05, 3.63) is 28.8 Å². The number of ether oxygens (including phenoxy) is 1. The van der Waals surface area contributed by atoms with Gasteiger partial charge in [0.25, 0.3) is 5.91 Å². The Morgan fingerprint density at radius 3 is 2.15 bits per heavy atom. The number of aliphatic carboxylic acids is 1. The number of nitrogens with one attached hydrogen (secondary N) is 1. The van der Waals surface area contributed by atoms with Gasteiger partial charge in [0.15, 0.2) is 6.61 Å². The molecule has 0 bridgehead atoms. The first-order valence-electron chi connectivity index (χ1n) is 8.41. The van der Waals surface area contributed by atoms with E-state index in [1.807, 2.05) is 0 Å². The van der Waals surface area contributed by atoms with E-state index in [-0.39, 0.29) is 24.8 Å². The van der Waals surface area contributed by atoms with Gasteiger partial charge in [-0.3, -0.25) is 4.79 Å². The molecule has 0 atom stereocenters. The first-order chi connectivity index (χ1) is 12.1. The van der Waals surface area contributed by atoms with Crippen LogP contribution in [0.15, 0.2) is 12.1 Å². The van der Waals surface area contributed by atoms with E-state index in [1.54, 1.807) is 26.0 Å². The molecule has 0 heterocycles. The lowest BCUT2D eigenvalue weighted by Gasteiger charge is -2.30. The second kappa shape index (κ2) is 7.97. The maximum atomic E-state index is 12.7. The molecule has 8 heteroatoms. The van der Waals surface area contributed by atoms with Gasteiger partial charge in [0.1, 0.15) is 5.75 Å². The SMILES string of the molecule is Cc1cc(C(=O)NC2CCC(C(F)(F)F)CC2)cc(C)c1OCC(=O)O. The molecule has 0 aliphatic heterocycles. The molecule has 1 aliphatic carbocycles. The molecular formula is C18H22F3NO4. The summed E-state index contributed by atoms with van der Waals surface area (Å²) in [6, 6.07) is 2.89. The molecule has 0 radical (unpaired) electrons. The van der Waals surface area contributed by atoms with Gasteiger partial charge in [0, 0.05) is 11.6 Å². The largest absolute Gasteiger partial charge is 0.481 e. The number of rotatable bonds is 5. The fraction of sp³-hybridized carbons (Fsp3) is 0.556. The first kappa shape index (κ1) is 20.1.